The summed E-state index contributed by atoms with van der Waals surface area (Å²) in [6.45, 7) is 1.77. The maximum absolute atomic E-state index is 12.5. The quantitative estimate of drug-likeness (QED) is 0.421. The Bertz CT molecular complexity index is 1150. The monoisotopic (exact) mass is 463 g/mol. The van der Waals surface area contributed by atoms with Gasteiger partial charge in [0.05, 0.1) is 6.20 Å². The summed E-state index contributed by atoms with van der Waals surface area (Å²) in [7, 11) is 0. The number of rotatable bonds is 9. The summed E-state index contributed by atoms with van der Waals surface area (Å²) in [5.41, 5.74) is 1.78. The van der Waals surface area contributed by atoms with Crippen molar-refractivity contribution in [2.75, 3.05) is 5.32 Å². The van der Waals surface area contributed by atoms with Gasteiger partial charge in [-0.05, 0) is 49.1 Å². The standard InChI is InChI=1S/C25H25N3O6/c1-15(17-5-3-2-4-6-17)33-25(32)28-21-14-26-23(34-21)19-11-9-18(10-12-19)22(29)27-20(24(30)31)13-16-7-8-16/h2-6,9-12,14-16,20H,7-8,13H2,1H3,(H,27,29)(H,28,32)(H,30,31). The number of aromatic nitrogens is 1. The maximum Gasteiger partial charge on any atom is 0.414 e. The molecule has 2 atom stereocenters. The molecule has 4 rings (SSSR count). The lowest BCUT2D eigenvalue weighted by Gasteiger charge is -2.14. The smallest absolute Gasteiger partial charge is 0.414 e. The Morgan fingerprint density at radius 2 is 1.82 bits per heavy atom. The molecule has 1 aliphatic rings. The molecule has 0 aliphatic heterocycles. The molecule has 3 aromatic rings. The molecule has 1 saturated carbocycles. The Hall–Kier alpha value is -4.14. The van der Waals surface area contributed by atoms with Crippen molar-refractivity contribution in [3.05, 3.63) is 71.9 Å². The zero-order valence-electron chi connectivity index (χ0n) is 18.6. The second-order valence-corrected chi connectivity index (χ2v) is 8.23. The Morgan fingerprint density at radius 3 is 2.47 bits per heavy atom. The number of ether oxygens (including phenoxy) is 1. The van der Waals surface area contributed by atoms with Crippen LogP contribution < -0.4 is 10.6 Å². The molecule has 1 aromatic heterocycles. The number of carboxylic acids is 1. The highest BCUT2D eigenvalue weighted by molar-refractivity contribution is 5.96. The number of oxazole rings is 1. The molecule has 1 heterocycles. The van der Waals surface area contributed by atoms with E-state index in [1.807, 2.05) is 30.3 Å². The summed E-state index contributed by atoms with van der Waals surface area (Å²) in [5, 5.41) is 14.4. The van der Waals surface area contributed by atoms with E-state index < -0.39 is 30.1 Å². The van der Waals surface area contributed by atoms with E-state index in [2.05, 4.69) is 15.6 Å². The highest BCUT2D eigenvalue weighted by Crippen LogP contribution is 2.33. The molecular weight excluding hydrogens is 438 g/mol. The molecule has 0 saturated heterocycles. The van der Waals surface area contributed by atoms with E-state index in [1.165, 1.54) is 6.20 Å². The zero-order valence-corrected chi connectivity index (χ0v) is 18.6. The van der Waals surface area contributed by atoms with Crippen LogP contribution in [-0.2, 0) is 9.53 Å². The number of nitrogens with one attached hydrogen (secondary N) is 2. The first kappa shape index (κ1) is 23.0. The van der Waals surface area contributed by atoms with Crippen molar-refractivity contribution in [1.29, 1.82) is 0 Å². The van der Waals surface area contributed by atoms with Gasteiger partial charge in [-0.25, -0.2) is 14.6 Å². The van der Waals surface area contributed by atoms with Gasteiger partial charge >= 0.3 is 12.1 Å². The molecule has 2 aromatic carbocycles. The minimum atomic E-state index is -1.03. The highest BCUT2D eigenvalue weighted by Gasteiger charge is 2.30. The van der Waals surface area contributed by atoms with Gasteiger partial charge in [0.2, 0.25) is 11.8 Å². The van der Waals surface area contributed by atoms with Gasteiger partial charge in [0, 0.05) is 11.1 Å². The number of hydrogen-bond acceptors (Lipinski definition) is 6. The van der Waals surface area contributed by atoms with Crippen LogP contribution in [0.2, 0.25) is 0 Å². The third kappa shape index (κ3) is 6.00. The van der Waals surface area contributed by atoms with Gasteiger partial charge in [-0.3, -0.25) is 10.1 Å². The fourth-order valence-corrected chi connectivity index (χ4v) is 3.46. The molecule has 176 valence electrons. The lowest BCUT2D eigenvalue weighted by molar-refractivity contribution is -0.139. The van der Waals surface area contributed by atoms with E-state index in [9.17, 15) is 19.5 Å². The van der Waals surface area contributed by atoms with Gasteiger partial charge in [-0.2, -0.15) is 0 Å². The van der Waals surface area contributed by atoms with Crippen molar-refractivity contribution in [2.24, 2.45) is 5.92 Å². The summed E-state index contributed by atoms with van der Waals surface area (Å²) in [6, 6.07) is 14.8. The molecule has 1 aliphatic carbocycles. The van der Waals surface area contributed by atoms with Crippen molar-refractivity contribution in [1.82, 2.24) is 10.3 Å². The van der Waals surface area contributed by atoms with E-state index in [1.54, 1.807) is 31.2 Å². The number of carboxylic acid groups (broad SMARTS) is 1. The topological polar surface area (TPSA) is 131 Å². The number of anilines is 1. The predicted octanol–water partition coefficient (Wildman–Crippen LogP) is 4.63. The Balaban J connectivity index is 1.33. The SMILES string of the molecule is CC(OC(=O)Nc1cnc(-c2ccc(C(=O)NC(CC3CC3)C(=O)O)cc2)o1)c1ccccc1. The van der Waals surface area contributed by atoms with Gasteiger partial charge < -0.3 is 19.6 Å². The van der Waals surface area contributed by atoms with Crippen LogP contribution >= 0.6 is 0 Å². The summed E-state index contributed by atoms with van der Waals surface area (Å²) < 4.78 is 10.9. The normalized spacial score (nSPS) is 14.6. The third-order valence-corrected chi connectivity index (χ3v) is 5.55. The Morgan fingerprint density at radius 1 is 1.12 bits per heavy atom. The minimum absolute atomic E-state index is 0.117. The predicted molar refractivity (Wildman–Crippen MR) is 123 cm³/mol. The molecule has 0 radical (unpaired) electrons. The zero-order chi connectivity index (χ0) is 24.1. The van der Waals surface area contributed by atoms with E-state index in [4.69, 9.17) is 9.15 Å². The number of hydrogen-bond donors (Lipinski definition) is 3. The first-order chi connectivity index (χ1) is 16.4. The van der Waals surface area contributed by atoms with Gasteiger partial charge in [-0.1, -0.05) is 43.2 Å². The van der Waals surface area contributed by atoms with Crippen LogP contribution in [0.25, 0.3) is 11.5 Å². The van der Waals surface area contributed by atoms with Gasteiger partial charge in [0.1, 0.15) is 12.1 Å². The maximum atomic E-state index is 12.5. The molecule has 2 unspecified atom stereocenters. The van der Waals surface area contributed by atoms with E-state index >= 15 is 0 Å². The van der Waals surface area contributed by atoms with Crippen LogP contribution in [0.3, 0.4) is 0 Å². The second kappa shape index (κ2) is 10.2. The van der Waals surface area contributed by atoms with Crippen LogP contribution in [0.15, 0.2) is 65.2 Å². The first-order valence-electron chi connectivity index (χ1n) is 11.0. The first-order valence-corrected chi connectivity index (χ1v) is 11.0. The molecule has 34 heavy (non-hydrogen) atoms. The Kier molecular flexibility index (Phi) is 6.91. The summed E-state index contributed by atoms with van der Waals surface area (Å²) >= 11 is 0. The fourth-order valence-electron chi connectivity index (χ4n) is 3.46. The van der Waals surface area contributed by atoms with Gasteiger partial charge in [0.15, 0.2) is 0 Å². The number of carbonyl (C=O) groups is 3. The molecule has 1 fully saturated rings. The third-order valence-electron chi connectivity index (χ3n) is 5.55. The highest BCUT2D eigenvalue weighted by atomic mass is 16.6. The average Bonchev–Trinajstić information content (AvgIpc) is 3.54. The van der Waals surface area contributed by atoms with Crippen molar-refractivity contribution < 1.29 is 28.6 Å². The van der Waals surface area contributed by atoms with Crippen LogP contribution in [0.4, 0.5) is 10.7 Å². The molecular formula is C25H25N3O6. The lowest BCUT2D eigenvalue weighted by Crippen LogP contribution is -2.41. The summed E-state index contributed by atoms with van der Waals surface area (Å²) in [5.74, 6) is -0.754. The molecule has 3 N–H and O–H groups in total. The largest absolute Gasteiger partial charge is 0.480 e. The average molecular weight is 463 g/mol. The summed E-state index contributed by atoms with van der Waals surface area (Å²) in [4.78, 5) is 40.2. The number of aliphatic carboxylic acids is 1. The number of benzene rings is 2. The van der Waals surface area contributed by atoms with E-state index in [0.29, 0.717) is 23.5 Å². The molecule has 9 nitrogen and oxygen atoms in total. The van der Waals surface area contributed by atoms with Crippen LogP contribution in [-0.4, -0.2) is 34.1 Å². The van der Waals surface area contributed by atoms with Crippen molar-refractivity contribution in [3.63, 3.8) is 0 Å². The second-order valence-electron chi connectivity index (χ2n) is 8.23. The van der Waals surface area contributed by atoms with E-state index in [-0.39, 0.29) is 11.8 Å². The van der Waals surface area contributed by atoms with Crippen LogP contribution in [0.5, 0.6) is 0 Å². The molecule has 9 heteroatoms. The van der Waals surface area contributed by atoms with Crippen molar-refractivity contribution in [2.45, 2.75) is 38.3 Å². The summed E-state index contributed by atoms with van der Waals surface area (Å²) in [6.07, 6.45) is 2.70. The van der Waals surface area contributed by atoms with E-state index in [0.717, 1.165) is 18.4 Å². The van der Waals surface area contributed by atoms with Gasteiger partial charge in [-0.15, -0.1) is 0 Å². The number of amides is 2. The molecule has 0 spiro atoms. The van der Waals surface area contributed by atoms with Gasteiger partial charge in [0.25, 0.3) is 5.91 Å². The van der Waals surface area contributed by atoms with Crippen LogP contribution in [0, 0.1) is 5.92 Å². The number of nitrogens with zero attached hydrogens (tertiary/aromatic N) is 1. The molecule has 2 amide bonds. The Labute approximate surface area is 196 Å². The lowest BCUT2D eigenvalue weighted by atomic mass is 10.1. The van der Waals surface area contributed by atoms with Crippen molar-refractivity contribution in [3.8, 4) is 11.5 Å². The fraction of sp³-hybridized carbons (Fsp3) is 0.280. The van der Waals surface area contributed by atoms with Crippen LogP contribution in [0.1, 0.15) is 48.2 Å². The number of carbonyl (C=O) groups excluding carboxylic acids is 2. The minimum Gasteiger partial charge on any atom is -0.480 e. The molecule has 0 bridgehead atoms. The van der Waals surface area contributed by atoms with Crippen molar-refractivity contribution >= 4 is 23.9 Å².